The Hall–Kier alpha value is -2.36. The van der Waals surface area contributed by atoms with Gasteiger partial charge in [0, 0.05) is 49.9 Å². The van der Waals surface area contributed by atoms with Crippen LogP contribution in [0.3, 0.4) is 0 Å². The largest absolute Gasteiger partial charge is 0.512 e. The molecule has 2 aromatic carbocycles. The van der Waals surface area contributed by atoms with Gasteiger partial charge in [-0.2, -0.15) is 0 Å². The van der Waals surface area contributed by atoms with Crippen molar-refractivity contribution in [2.75, 3.05) is 0 Å². The molecule has 1 heterocycles. The minimum absolute atomic E-state index is 0. The van der Waals surface area contributed by atoms with Gasteiger partial charge in [0.25, 0.3) is 0 Å². The number of nitrogens with zero attached hydrogens (tertiary/aromatic N) is 2. The third-order valence-corrected chi connectivity index (χ3v) is 5.95. The van der Waals surface area contributed by atoms with Crippen LogP contribution in [-0.4, -0.2) is 20.9 Å². The van der Waals surface area contributed by atoms with Crippen molar-refractivity contribution in [2.45, 2.75) is 67.2 Å². The van der Waals surface area contributed by atoms with Gasteiger partial charge in [0.05, 0.1) is 16.8 Å². The van der Waals surface area contributed by atoms with Gasteiger partial charge in [-0.3, -0.25) is 14.8 Å². The maximum absolute atomic E-state index is 11.7. The second kappa shape index (κ2) is 14.8. The maximum atomic E-state index is 11.7. The molecule has 5 heteroatoms. The average Bonchev–Trinajstić information content (AvgIpc) is 2.80. The SMILES string of the molecule is CCC(CC)C(=O)C=C(O)C(CC)CC.Cc1[c-]c(-c2cnc3ccccc3n2)cc(C)c1.[Ir]. The van der Waals surface area contributed by atoms with Gasteiger partial charge < -0.3 is 5.11 Å². The van der Waals surface area contributed by atoms with Crippen molar-refractivity contribution in [2.24, 2.45) is 11.8 Å². The Morgan fingerprint density at radius 2 is 1.56 bits per heavy atom. The van der Waals surface area contributed by atoms with E-state index < -0.39 is 0 Å². The first-order valence-corrected chi connectivity index (χ1v) is 12.0. The number of aliphatic hydroxyl groups is 1. The van der Waals surface area contributed by atoms with Gasteiger partial charge in [-0.05, 0) is 37.8 Å². The number of aliphatic hydroxyl groups excluding tert-OH is 1. The Balaban J connectivity index is 0.000000338. The van der Waals surface area contributed by atoms with Crippen LogP contribution in [0.5, 0.6) is 0 Å². The summed E-state index contributed by atoms with van der Waals surface area (Å²) in [6, 6.07) is 15.4. The summed E-state index contributed by atoms with van der Waals surface area (Å²) in [5.74, 6) is 0.547. The Bertz CT molecular complexity index is 1070. The summed E-state index contributed by atoms with van der Waals surface area (Å²) >= 11 is 0. The zero-order valence-electron chi connectivity index (χ0n) is 21.2. The number of carbonyl (C=O) groups is 1. The number of aromatic nitrogens is 2. The first kappa shape index (κ1) is 29.7. The summed E-state index contributed by atoms with van der Waals surface area (Å²) in [4.78, 5) is 20.8. The molecule has 0 atom stereocenters. The van der Waals surface area contributed by atoms with Crippen LogP contribution in [0.2, 0.25) is 0 Å². The van der Waals surface area contributed by atoms with Gasteiger partial charge in [0.1, 0.15) is 0 Å². The third-order valence-electron chi connectivity index (χ3n) is 5.95. The van der Waals surface area contributed by atoms with Crippen LogP contribution < -0.4 is 0 Å². The molecule has 1 N–H and O–H groups in total. The molecule has 0 aliphatic carbocycles. The average molecular weight is 638 g/mol. The summed E-state index contributed by atoms with van der Waals surface area (Å²) in [5.41, 5.74) is 6.07. The number of rotatable bonds is 8. The first-order valence-electron chi connectivity index (χ1n) is 12.0. The van der Waals surface area contributed by atoms with E-state index in [-0.39, 0.29) is 43.5 Å². The Labute approximate surface area is 218 Å². The van der Waals surface area contributed by atoms with Crippen LogP contribution >= 0.6 is 0 Å². The van der Waals surface area contributed by atoms with Crippen molar-refractivity contribution in [3.63, 3.8) is 0 Å². The van der Waals surface area contributed by atoms with Gasteiger partial charge in [-0.25, -0.2) is 0 Å². The molecule has 0 amide bonds. The monoisotopic (exact) mass is 638 g/mol. The molecule has 0 spiro atoms. The second-order valence-corrected chi connectivity index (χ2v) is 8.50. The molecular formula is C29H37IrN2O2-. The van der Waals surface area contributed by atoms with Crippen LogP contribution in [0, 0.1) is 31.7 Å². The van der Waals surface area contributed by atoms with E-state index in [0.29, 0.717) is 0 Å². The number of aryl methyl sites for hydroxylation is 2. The Morgan fingerprint density at radius 1 is 0.971 bits per heavy atom. The Kier molecular flexibility index (Phi) is 12.9. The number of allylic oxidation sites excluding steroid dienone is 2. The number of para-hydroxylation sites is 2. The molecule has 3 rings (SSSR count). The van der Waals surface area contributed by atoms with E-state index in [9.17, 15) is 9.90 Å². The molecule has 1 radical (unpaired) electrons. The smallest absolute Gasteiger partial charge is 0.162 e. The molecule has 0 unspecified atom stereocenters. The van der Waals surface area contributed by atoms with E-state index in [1.807, 2.05) is 65.1 Å². The standard InChI is InChI=1S/C16H13N2.C13H24O2.Ir/c1-11-7-12(2)9-13(8-11)16-10-17-14-5-3-4-6-15(14)18-16;1-5-10(6-2)12(14)9-13(15)11(7-3)8-4;/h3-8,10H,1-2H3;9-11,14H,5-8H2,1-4H3;/q-1;;. The van der Waals surface area contributed by atoms with Crippen molar-refractivity contribution in [3.8, 4) is 11.3 Å². The predicted molar refractivity (Wildman–Crippen MR) is 137 cm³/mol. The van der Waals surface area contributed by atoms with Gasteiger partial charge in [0.15, 0.2) is 5.78 Å². The van der Waals surface area contributed by atoms with Crippen molar-refractivity contribution < 1.29 is 30.0 Å². The van der Waals surface area contributed by atoms with Crippen molar-refractivity contribution in [1.82, 2.24) is 9.97 Å². The van der Waals surface area contributed by atoms with Crippen molar-refractivity contribution in [1.29, 1.82) is 0 Å². The summed E-state index contributed by atoms with van der Waals surface area (Å²) in [6.45, 7) is 12.2. The molecule has 4 nitrogen and oxygen atoms in total. The predicted octanol–water partition coefficient (Wildman–Crippen LogP) is 7.58. The number of hydrogen-bond donors (Lipinski definition) is 1. The summed E-state index contributed by atoms with van der Waals surface area (Å²) in [7, 11) is 0. The molecule has 0 aliphatic heterocycles. The van der Waals surface area contributed by atoms with E-state index in [1.54, 1.807) is 0 Å². The molecule has 0 saturated heterocycles. The maximum Gasteiger partial charge on any atom is 0.162 e. The van der Waals surface area contributed by atoms with E-state index in [0.717, 1.165) is 53.5 Å². The Morgan fingerprint density at radius 3 is 2.12 bits per heavy atom. The molecule has 0 aliphatic rings. The fraction of sp³-hybridized carbons (Fsp3) is 0.414. The zero-order chi connectivity index (χ0) is 24.4. The van der Waals surface area contributed by atoms with Gasteiger partial charge in [0.2, 0.25) is 0 Å². The number of fused-ring (bicyclic) bond motifs is 1. The number of hydrogen-bond acceptors (Lipinski definition) is 4. The van der Waals surface area contributed by atoms with Gasteiger partial charge in [-0.15, -0.1) is 34.9 Å². The van der Waals surface area contributed by atoms with E-state index in [2.05, 4.69) is 35.1 Å². The quantitative estimate of drug-likeness (QED) is 0.157. The van der Waals surface area contributed by atoms with Crippen LogP contribution in [0.1, 0.15) is 64.5 Å². The van der Waals surface area contributed by atoms with E-state index >= 15 is 0 Å². The number of carbonyl (C=O) groups excluding carboxylic acids is 1. The van der Waals surface area contributed by atoms with Crippen LogP contribution in [0.25, 0.3) is 22.3 Å². The van der Waals surface area contributed by atoms with Crippen LogP contribution in [0.4, 0.5) is 0 Å². The number of benzene rings is 2. The van der Waals surface area contributed by atoms with Crippen LogP contribution in [0.15, 0.2) is 54.4 Å². The van der Waals surface area contributed by atoms with Crippen molar-refractivity contribution >= 4 is 16.8 Å². The summed E-state index contributed by atoms with van der Waals surface area (Å²) in [6.07, 6.45) is 6.72. The third kappa shape index (κ3) is 8.45. The second-order valence-electron chi connectivity index (χ2n) is 8.50. The summed E-state index contributed by atoms with van der Waals surface area (Å²) in [5, 5.41) is 9.76. The summed E-state index contributed by atoms with van der Waals surface area (Å²) < 4.78 is 0. The molecular weight excluding hydrogens is 601 g/mol. The molecule has 34 heavy (non-hydrogen) atoms. The fourth-order valence-corrected chi connectivity index (χ4v) is 3.90. The molecule has 1 aromatic heterocycles. The first-order chi connectivity index (χ1) is 15.8. The molecule has 185 valence electrons. The van der Waals surface area contributed by atoms with E-state index in [4.69, 9.17) is 0 Å². The minimum atomic E-state index is 0. The van der Waals surface area contributed by atoms with E-state index in [1.165, 1.54) is 11.6 Å². The number of ketones is 1. The molecule has 0 saturated carbocycles. The minimum Gasteiger partial charge on any atom is -0.512 e. The van der Waals surface area contributed by atoms with Gasteiger partial charge >= 0.3 is 0 Å². The van der Waals surface area contributed by atoms with Gasteiger partial charge in [-0.1, -0.05) is 53.7 Å². The molecule has 0 fully saturated rings. The topological polar surface area (TPSA) is 63.1 Å². The van der Waals surface area contributed by atoms with Crippen molar-refractivity contribution in [3.05, 3.63) is 71.6 Å². The van der Waals surface area contributed by atoms with Crippen LogP contribution in [-0.2, 0) is 24.9 Å². The molecule has 0 bridgehead atoms. The normalized spacial score (nSPS) is 11.2. The fourth-order valence-electron chi connectivity index (χ4n) is 3.90. The zero-order valence-corrected chi connectivity index (χ0v) is 23.6. The molecule has 3 aromatic rings.